The molecule has 0 saturated carbocycles. The smallest absolute Gasteiger partial charge is 0.292 e. The molecule has 116 valence electrons. The number of nitrogens with one attached hydrogen (secondary N) is 1. The number of nitro groups is 1. The first-order valence-corrected chi connectivity index (χ1v) is 7.31. The van der Waals surface area contributed by atoms with Gasteiger partial charge in [0, 0.05) is 37.5 Å². The molecule has 3 rings (SSSR count). The number of aliphatic hydroxyl groups excluding tert-OH is 1. The third-order valence-electron chi connectivity index (χ3n) is 4.09. The summed E-state index contributed by atoms with van der Waals surface area (Å²) < 4.78 is 0. The molecule has 1 aromatic heterocycles. The van der Waals surface area contributed by atoms with Gasteiger partial charge in [0.25, 0.3) is 5.69 Å². The average Bonchev–Trinajstić information content (AvgIpc) is 3.09. The highest BCUT2D eigenvalue weighted by Crippen LogP contribution is 2.34. The van der Waals surface area contributed by atoms with Crippen molar-refractivity contribution in [3.63, 3.8) is 0 Å². The van der Waals surface area contributed by atoms with E-state index < -0.39 is 0 Å². The maximum Gasteiger partial charge on any atom is 0.292 e. The molecule has 0 unspecified atom stereocenters. The van der Waals surface area contributed by atoms with Crippen LogP contribution in [0.5, 0.6) is 0 Å². The zero-order valence-corrected chi connectivity index (χ0v) is 12.1. The number of aromatic nitrogens is 2. The van der Waals surface area contributed by atoms with Crippen molar-refractivity contribution in [3.8, 4) is 0 Å². The molecule has 1 aliphatic heterocycles. The van der Waals surface area contributed by atoms with Crippen molar-refractivity contribution in [2.75, 3.05) is 18.0 Å². The predicted octanol–water partition coefficient (Wildman–Crippen LogP) is 2.19. The van der Waals surface area contributed by atoms with Gasteiger partial charge in [-0.2, -0.15) is 0 Å². The molecule has 0 bridgehead atoms. The fraction of sp³-hybridized carbons (Fsp3) is 0.400. The summed E-state index contributed by atoms with van der Waals surface area (Å²) >= 11 is 0. The Bertz CT molecular complexity index is 657. The van der Waals surface area contributed by atoms with Gasteiger partial charge >= 0.3 is 0 Å². The van der Waals surface area contributed by atoms with Crippen LogP contribution in [0.1, 0.15) is 30.1 Å². The Morgan fingerprint density at radius 2 is 2.36 bits per heavy atom. The molecule has 1 aromatic carbocycles. The number of hydrogen-bond donors (Lipinski definition) is 2. The van der Waals surface area contributed by atoms with Crippen molar-refractivity contribution in [1.29, 1.82) is 0 Å². The lowest BCUT2D eigenvalue weighted by Gasteiger charge is -2.33. The molecule has 0 spiro atoms. The summed E-state index contributed by atoms with van der Waals surface area (Å²) in [6.45, 7) is 1.33. The molecule has 1 aliphatic rings. The van der Waals surface area contributed by atoms with Crippen LogP contribution in [0.3, 0.4) is 0 Å². The predicted molar refractivity (Wildman–Crippen MR) is 81.8 cm³/mol. The lowest BCUT2D eigenvalue weighted by molar-refractivity contribution is -0.384. The minimum absolute atomic E-state index is 0.0808. The van der Waals surface area contributed by atoms with Crippen LogP contribution in [-0.4, -0.2) is 33.1 Å². The first-order valence-electron chi connectivity index (χ1n) is 7.31. The number of piperidine rings is 1. The molecule has 0 aliphatic carbocycles. The molecular weight excluding hydrogens is 284 g/mol. The number of benzene rings is 1. The van der Waals surface area contributed by atoms with E-state index in [1.165, 1.54) is 6.07 Å². The van der Waals surface area contributed by atoms with Crippen molar-refractivity contribution in [2.24, 2.45) is 0 Å². The number of H-pyrrole nitrogens is 1. The molecule has 1 saturated heterocycles. The molecule has 7 heteroatoms. The van der Waals surface area contributed by atoms with Gasteiger partial charge in [0.15, 0.2) is 0 Å². The topological polar surface area (TPSA) is 95.3 Å². The van der Waals surface area contributed by atoms with E-state index in [1.54, 1.807) is 24.5 Å². The zero-order valence-electron chi connectivity index (χ0n) is 12.1. The largest absolute Gasteiger partial charge is 0.392 e. The van der Waals surface area contributed by atoms with Gasteiger partial charge in [-0.25, -0.2) is 4.98 Å². The second kappa shape index (κ2) is 6.15. The summed E-state index contributed by atoms with van der Waals surface area (Å²) in [5.74, 6) is 1.16. The normalized spacial score (nSPS) is 18.4. The van der Waals surface area contributed by atoms with E-state index in [9.17, 15) is 15.2 Å². The van der Waals surface area contributed by atoms with E-state index in [0.717, 1.165) is 25.2 Å². The van der Waals surface area contributed by atoms with E-state index in [1.807, 2.05) is 4.90 Å². The third kappa shape index (κ3) is 2.80. The summed E-state index contributed by atoms with van der Waals surface area (Å²) in [6, 6.07) is 4.77. The van der Waals surface area contributed by atoms with Gasteiger partial charge in [-0.1, -0.05) is 0 Å². The minimum atomic E-state index is -0.368. The van der Waals surface area contributed by atoms with Crippen LogP contribution in [0.25, 0.3) is 0 Å². The van der Waals surface area contributed by atoms with E-state index >= 15 is 0 Å². The fourth-order valence-electron chi connectivity index (χ4n) is 2.99. The Morgan fingerprint density at radius 1 is 1.50 bits per heavy atom. The van der Waals surface area contributed by atoms with Crippen LogP contribution in [-0.2, 0) is 6.61 Å². The van der Waals surface area contributed by atoms with Gasteiger partial charge in [-0.3, -0.25) is 10.1 Å². The van der Waals surface area contributed by atoms with Gasteiger partial charge < -0.3 is 15.0 Å². The minimum Gasteiger partial charge on any atom is -0.392 e. The maximum atomic E-state index is 11.3. The molecule has 7 nitrogen and oxygen atoms in total. The van der Waals surface area contributed by atoms with E-state index in [0.29, 0.717) is 17.8 Å². The van der Waals surface area contributed by atoms with Crippen molar-refractivity contribution < 1.29 is 10.0 Å². The molecule has 2 aromatic rings. The Balaban J connectivity index is 1.90. The number of imidazole rings is 1. The molecule has 2 N–H and O–H groups in total. The lowest BCUT2D eigenvalue weighted by Crippen LogP contribution is -2.35. The maximum absolute atomic E-state index is 11.3. The van der Waals surface area contributed by atoms with Gasteiger partial charge in [0.05, 0.1) is 11.5 Å². The molecule has 1 fully saturated rings. The number of anilines is 1. The van der Waals surface area contributed by atoms with Gasteiger partial charge in [-0.05, 0) is 30.5 Å². The van der Waals surface area contributed by atoms with Crippen molar-refractivity contribution >= 4 is 11.4 Å². The molecule has 0 amide bonds. The van der Waals surface area contributed by atoms with Crippen LogP contribution >= 0.6 is 0 Å². The van der Waals surface area contributed by atoms with Crippen molar-refractivity contribution in [1.82, 2.24) is 9.97 Å². The van der Waals surface area contributed by atoms with Crippen LogP contribution in [0.2, 0.25) is 0 Å². The fourth-order valence-corrected chi connectivity index (χ4v) is 2.99. The quantitative estimate of drug-likeness (QED) is 0.667. The molecule has 2 heterocycles. The zero-order chi connectivity index (χ0) is 15.5. The standard InChI is InChI=1S/C15H18N4O3/c20-10-11-3-4-13(19(21)22)14(8-11)18-7-1-2-12(9-18)15-16-5-6-17-15/h3-6,8,12,20H,1-2,7,9-10H2,(H,16,17)/t12-/m0/s1. The van der Waals surface area contributed by atoms with Crippen LogP contribution in [0, 0.1) is 10.1 Å². The summed E-state index contributed by atoms with van der Waals surface area (Å²) in [5.41, 5.74) is 1.34. The van der Waals surface area contributed by atoms with Gasteiger partial charge in [-0.15, -0.1) is 0 Å². The molecular formula is C15H18N4O3. The molecule has 22 heavy (non-hydrogen) atoms. The lowest BCUT2D eigenvalue weighted by atomic mass is 9.96. The number of aromatic amines is 1. The monoisotopic (exact) mass is 302 g/mol. The highest BCUT2D eigenvalue weighted by atomic mass is 16.6. The van der Waals surface area contributed by atoms with Crippen molar-refractivity contribution in [2.45, 2.75) is 25.4 Å². The van der Waals surface area contributed by atoms with Crippen molar-refractivity contribution in [3.05, 3.63) is 52.1 Å². The van der Waals surface area contributed by atoms with Gasteiger partial charge in [0.1, 0.15) is 11.5 Å². The first-order chi connectivity index (χ1) is 10.7. The second-order valence-corrected chi connectivity index (χ2v) is 5.50. The van der Waals surface area contributed by atoms with Crippen LogP contribution in [0.15, 0.2) is 30.6 Å². The first kappa shape index (κ1) is 14.5. The Labute approximate surface area is 127 Å². The Kier molecular flexibility index (Phi) is 4.06. The third-order valence-corrected chi connectivity index (χ3v) is 4.09. The number of nitrogens with zero attached hydrogens (tertiary/aromatic N) is 3. The highest BCUT2D eigenvalue weighted by molar-refractivity contribution is 5.65. The Morgan fingerprint density at radius 3 is 3.05 bits per heavy atom. The van der Waals surface area contributed by atoms with E-state index in [-0.39, 0.29) is 23.1 Å². The molecule has 1 atom stereocenters. The summed E-state index contributed by atoms with van der Waals surface area (Å²) in [4.78, 5) is 20.4. The SMILES string of the molecule is O=[N+]([O-])c1ccc(CO)cc1N1CCC[C@H](c2ncc[nH]2)C1. The second-order valence-electron chi connectivity index (χ2n) is 5.50. The van der Waals surface area contributed by atoms with E-state index in [4.69, 9.17) is 0 Å². The van der Waals surface area contributed by atoms with Crippen LogP contribution < -0.4 is 4.90 Å². The Hall–Kier alpha value is -2.41. The number of nitro benzene ring substituents is 1. The average molecular weight is 302 g/mol. The van der Waals surface area contributed by atoms with E-state index in [2.05, 4.69) is 9.97 Å². The number of aliphatic hydroxyl groups is 1. The highest BCUT2D eigenvalue weighted by Gasteiger charge is 2.27. The summed E-state index contributed by atoms with van der Waals surface area (Å²) in [7, 11) is 0. The van der Waals surface area contributed by atoms with Crippen LogP contribution in [0.4, 0.5) is 11.4 Å². The summed E-state index contributed by atoms with van der Waals surface area (Å²) in [6.07, 6.45) is 5.48. The number of hydrogen-bond acceptors (Lipinski definition) is 5. The van der Waals surface area contributed by atoms with Gasteiger partial charge in [0.2, 0.25) is 0 Å². The molecule has 0 radical (unpaired) electrons. The summed E-state index contributed by atoms with van der Waals surface area (Å²) in [5, 5.41) is 20.6. The number of rotatable bonds is 4.